The van der Waals surface area contributed by atoms with Gasteiger partial charge < -0.3 is 20.0 Å². The Morgan fingerprint density at radius 3 is 2.32 bits per heavy atom. The van der Waals surface area contributed by atoms with Crippen LogP contribution < -0.4 is 5.32 Å². The van der Waals surface area contributed by atoms with Crippen LogP contribution in [-0.4, -0.2) is 85.7 Å². The number of fused-ring (bicyclic) bond motifs is 1. The maximum Gasteiger partial charge on any atom is 0.253 e. The number of unbranched alkanes of at least 4 members (excludes halogenated alkanes) is 1. The Hall–Kier alpha value is -3.45. The van der Waals surface area contributed by atoms with Crippen molar-refractivity contribution >= 4 is 29.4 Å². The summed E-state index contributed by atoms with van der Waals surface area (Å²) in [6.07, 6.45) is 8.90. The van der Waals surface area contributed by atoms with Gasteiger partial charge in [0, 0.05) is 56.0 Å². The van der Waals surface area contributed by atoms with Crippen molar-refractivity contribution in [2.24, 2.45) is 4.99 Å². The minimum Gasteiger partial charge on any atom is -0.343 e. The molecule has 2 aromatic rings. The first-order valence-electron chi connectivity index (χ1n) is 15.4. The molecule has 2 aromatic carbocycles. The summed E-state index contributed by atoms with van der Waals surface area (Å²) in [4.78, 5) is 37.6. The van der Waals surface area contributed by atoms with Gasteiger partial charge in [-0.1, -0.05) is 44.5 Å². The van der Waals surface area contributed by atoms with E-state index in [1.165, 1.54) is 6.42 Å². The molecule has 2 amide bonds. The number of hydrogen-bond donors (Lipinski definition) is 1. The average molecular weight is 558 g/mol. The maximum absolute atomic E-state index is 13.7. The van der Waals surface area contributed by atoms with Gasteiger partial charge in [-0.2, -0.15) is 0 Å². The number of hydrogen-bond acceptors (Lipinski definition) is 4. The molecule has 2 aliphatic rings. The van der Waals surface area contributed by atoms with Gasteiger partial charge in [-0.25, -0.2) is 0 Å². The highest BCUT2D eigenvalue weighted by Crippen LogP contribution is 2.31. The lowest BCUT2D eigenvalue weighted by atomic mass is 9.99. The average Bonchev–Trinajstić information content (AvgIpc) is 3.17. The zero-order chi connectivity index (χ0) is 29.2. The largest absolute Gasteiger partial charge is 0.343 e. The van der Waals surface area contributed by atoms with Crippen LogP contribution in [0, 0.1) is 0 Å². The third-order valence-electron chi connectivity index (χ3n) is 7.82. The molecule has 1 saturated heterocycles. The summed E-state index contributed by atoms with van der Waals surface area (Å²) in [5.41, 5.74) is 5.55. The van der Waals surface area contributed by atoms with E-state index < -0.39 is 0 Å². The van der Waals surface area contributed by atoms with E-state index in [4.69, 9.17) is 4.99 Å². The van der Waals surface area contributed by atoms with Crippen molar-refractivity contribution in [3.63, 3.8) is 0 Å². The fourth-order valence-corrected chi connectivity index (χ4v) is 5.43. The summed E-state index contributed by atoms with van der Waals surface area (Å²) in [7, 11) is 4.08. The number of aliphatic imine (C=N–C) groups is 1. The zero-order valence-electron chi connectivity index (χ0n) is 25.4. The van der Waals surface area contributed by atoms with Crippen molar-refractivity contribution in [3.05, 3.63) is 59.2 Å². The number of nitrogens with one attached hydrogen (secondary N) is 1. The molecule has 0 bridgehead atoms. The van der Waals surface area contributed by atoms with E-state index in [9.17, 15) is 9.59 Å². The van der Waals surface area contributed by atoms with Crippen molar-refractivity contribution in [2.45, 2.75) is 58.8 Å². The van der Waals surface area contributed by atoms with Crippen molar-refractivity contribution in [1.82, 2.24) is 14.7 Å². The van der Waals surface area contributed by atoms with Crippen molar-refractivity contribution in [1.29, 1.82) is 0 Å². The molecule has 1 fully saturated rings. The van der Waals surface area contributed by atoms with E-state index in [1.807, 2.05) is 54.2 Å². The second kappa shape index (κ2) is 15.0. The van der Waals surface area contributed by atoms with Crippen molar-refractivity contribution < 1.29 is 9.59 Å². The summed E-state index contributed by atoms with van der Waals surface area (Å²) < 4.78 is 0. The van der Waals surface area contributed by atoms with E-state index in [0.29, 0.717) is 13.0 Å². The second-order valence-electron chi connectivity index (χ2n) is 11.5. The standard InChI is InChI=1S/C34H47N5O2/c1-5-7-19-38(18-6-2)34(41)30-23-29-16-15-28(24-31(29)36-32(25-30)35-17-22-37(3)4)26-11-13-27(14-12-26)33(40)39-20-9-8-10-21-39/h11-16,23-24H,5-10,17-22,25H2,1-4H3,(H,35,36). The molecule has 0 unspecified atom stereocenters. The molecule has 1 N–H and O–H groups in total. The summed E-state index contributed by atoms with van der Waals surface area (Å²) >= 11 is 0. The van der Waals surface area contributed by atoms with Crippen LogP contribution in [0.15, 0.2) is 53.0 Å². The highest BCUT2D eigenvalue weighted by Gasteiger charge is 2.23. The molecule has 0 aliphatic carbocycles. The topological polar surface area (TPSA) is 68.2 Å². The van der Waals surface area contributed by atoms with Gasteiger partial charge >= 0.3 is 0 Å². The number of carbonyl (C=O) groups is 2. The summed E-state index contributed by atoms with van der Waals surface area (Å²) in [6.45, 7) is 9.02. The quantitative estimate of drug-likeness (QED) is 0.358. The summed E-state index contributed by atoms with van der Waals surface area (Å²) in [5, 5.41) is 3.56. The molecular formula is C34H47N5O2. The third kappa shape index (κ3) is 8.29. The van der Waals surface area contributed by atoms with Gasteiger partial charge in [0.1, 0.15) is 5.84 Å². The molecule has 0 spiro atoms. The van der Waals surface area contributed by atoms with Gasteiger partial charge in [0.15, 0.2) is 0 Å². The van der Waals surface area contributed by atoms with E-state index in [2.05, 4.69) is 42.3 Å². The smallest absolute Gasteiger partial charge is 0.253 e. The number of amides is 2. The van der Waals surface area contributed by atoms with Crippen LogP contribution >= 0.6 is 0 Å². The van der Waals surface area contributed by atoms with Gasteiger partial charge in [-0.05, 0) is 87.2 Å². The fraction of sp³-hybridized carbons (Fsp3) is 0.500. The number of likely N-dealkylation sites (N-methyl/N-ethyl adjacent to an activating group) is 1. The monoisotopic (exact) mass is 557 g/mol. The van der Waals surface area contributed by atoms with Gasteiger partial charge in [0.25, 0.3) is 5.91 Å². The maximum atomic E-state index is 13.7. The van der Waals surface area contributed by atoms with Crippen molar-refractivity contribution in [2.75, 3.05) is 58.7 Å². The van der Waals surface area contributed by atoms with Crippen LogP contribution in [0.3, 0.4) is 0 Å². The first kappa shape index (κ1) is 30.5. The predicted octanol–water partition coefficient (Wildman–Crippen LogP) is 6.18. The Balaban J connectivity index is 1.61. The number of piperidine rings is 1. The number of carbonyl (C=O) groups excluding carboxylic acids is 2. The molecule has 0 saturated carbocycles. The minimum absolute atomic E-state index is 0.105. The minimum atomic E-state index is 0.105. The van der Waals surface area contributed by atoms with Crippen molar-refractivity contribution in [3.8, 4) is 11.1 Å². The molecule has 0 radical (unpaired) electrons. The lowest BCUT2D eigenvalue weighted by molar-refractivity contribution is -0.127. The Morgan fingerprint density at radius 2 is 1.63 bits per heavy atom. The Morgan fingerprint density at radius 1 is 0.902 bits per heavy atom. The lowest BCUT2D eigenvalue weighted by Gasteiger charge is -2.26. The normalized spacial score (nSPS) is 16.2. The first-order chi connectivity index (χ1) is 19.9. The Labute approximate surface area is 246 Å². The molecule has 41 heavy (non-hydrogen) atoms. The van der Waals surface area contributed by atoms with Crippen LogP contribution in [0.2, 0.25) is 0 Å². The van der Waals surface area contributed by atoms with E-state index in [0.717, 1.165) is 104 Å². The zero-order valence-corrected chi connectivity index (χ0v) is 25.4. The van der Waals surface area contributed by atoms with E-state index >= 15 is 0 Å². The van der Waals surface area contributed by atoms with E-state index in [1.54, 1.807) is 0 Å². The van der Waals surface area contributed by atoms with Gasteiger partial charge in [-0.15, -0.1) is 0 Å². The molecule has 220 valence electrons. The third-order valence-corrected chi connectivity index (χ3v) is 7.82. The predicted molar refractivity (Wildman–Crippen MR) is 170 cm³/mol. The number of nitrogens with zero attached hydrogens (tertiary/aromatic N) is 4. The lowest BCUT2D eigenvalue weighted by Crippen LogP contribution is -2.35. The highest BCUT2D eigenvalue weighted by molar-refractivity contribution is 6.10. The molecular weight excluding hydrogens is 510 g/mol. The molecule has 0 aromatic heterocycles. The van der Waals surface area contributed by atoms with Gasteiger partial charge in [0.2, 0.25) is 5.91 Å². The van der Waals surface area contributed by atoms with Crippen LogP contribution in [0.5, 0.6) is 0 Å². The van der Waals surface area contributed by atoms with E-state index in [-0.39, 0.29) is 11.8 Å². The summed E-state index contributed by atoms with van der Waals surface area (Å²) in [6, 6.07) is 14.2. The fourth-order valence-electron chi connectivity index (χ4n) is 5.43. The second-order valence-corrected chi connectivity index (χ2v) is 11.5. The molecule has 7 nitrogen and oxygen atoms in total. The molecule has 7 heteroatoms. The molecule has 4 rings (SSSR count). The number of rotatable bonds is 11. The molecule has 0 atom stereocenters. The Bertz CT molecular complexity index is 1240. The molecule has 2 aliphatic heterocycles. The number of benzene rings is 2. The number of likely N-dealkylation sites (tertiary alicyclic amines) is 1. The van der Waals surface area contributed by atoms with Gasteiger partial charge in [0.05, 0.1) is 6.54 Å². The number of amidine groups is 1. The van der Waals surface area contributed by atoms with Crippen LogP contribution in [0.1, 0.15) is 74.7 Å². The van der Waals surface area contributed by atoms with Crippen LogP contribution in [0.4, 0.5) is 5.69 Å². The Kier molecular flexibility index (Phi) is 11.1. The SMILES string of the molecule is CCCCN(CCC)C(=O)C1=Cc2ccc(-c3ccc(C(=O)N4CCCCC4)cc3)cc2NC(=NCCN(C)C)C1. The van der Waals surface area contributed by atoms with Crippen LogP contribution in [-0.2, 0) is 4.79 Å². The number of anilines is 1. The highest BCUT2D eigenvalue weighted by atomic mass is 16.2. The molecule has 2 heterocycles. The summed E-state index contributed by atoms with van der Waals surface area (Å²) in [5.74, 6) is 1.04. The van der Waals surface area contributed by atoms with Gasteiger partial charge in [-0.3, -0.25) is 14.6 Å². The first-order valence-corrected chi connectivity index (χ1v) is 15.4. The van der Waals surface area contributed by atoms with Crippen LogP contribution in [0.25, 0.3) is 17.2 Å².